The molecule has 1 aliphatic heterocycles. The fraction of sp³-hybridized carbons (Fsp3) is 0.222. The number of nitrogens with one attached hydrogen (secondary N) is 1. The van der Waals surface area contributed by atoms with Crippen LogP contribution in [0.25, 0.3) is 0 Å². The molecule has 1 N–H and O–H groups in total. The van der Waals surface area contributed by atoms with E-state index in [1.165, 1.54) is 17.7 Å². The first kappa shape index (κ1) is 14.6. The van der Waals surface area contributed by atoms with E-state index in [1.807, 2.05) is 18.2 Å². The average Bonchev–Trinajstić information content (AvgIpc) is 2.61. The van der Waals surface area contributed by atoms with Crippen molar-refractivity contribution >= 4 is 17.4 Å². The maximum Gasteiger partial charge on any atom is 0.341 e. The van der Waals surface area contributed by atoms with Gasteiger partial charge in [-0.3, -0.25) is 10.1 Å². The summed E-state index contributed by atoms with van der Waals surface area (Å²) in [5.41, 5.74) is 3.98. The molecular formula is C18H15N3O3. The number of nitro benzene ring substituents is 1. The Balaban J connectivity index is 1.73. The van der Waals surface area contributed by atoms with Crippen molar-refractivity contribution in [2.45, 2.75) is 18.9 Å². The van der Waals surface area contributed by atoms with Crippen LogP contribution in [0, 0.1) is 16.0 Å². The first-order valence-corrected chi connectivity index (χ1v) is 7.85. The first-order chi connectivity index (χ1) is 11.6. The molecule has 120 valence electrons. The summed E-state index contributed by atoms with van der Waals surface area (Å²) in [4.78, 5) is 26.7. The molecule has 0 saturated carbocycles. The Kier molecular flexibility index (Phi) is 3.37. The van der Waals surface area contributed by atoms with Crippen LogP contribution < -0.4 is 5.32 Å². The van der Waals surface area contributed by atoms with Crippen molar-refractivity contribution in [1.29, 1.82) is 0 Å². The van der Waals surface area contributed by atoms with Crippen LogP contribution in [0.5, 0.6) is 0 Å². The Bertz CT molecular complexity index is 858. The number of carbonyl (C=O) groups excluding carboxylic acids is 1. The molecule has 2 aliphatic rings. The Morgan fingerprint density at radius 1 is 1.12 bits per heavy atom. The highest BCUT2D eigenvalue weighted by molar-refractivity contribution is 6.11. The second kappa shape index (κ2) is 5.56. The summed E-state index contributed by atoms with van der Waals surface area (Å²) < 4.78 is 0. The molecule has 2 aromatic rings. The maximum absolute atomic E-state index is 12.1. The lowest BCUT2D eigenvalue weighted by atomic mass is 9.75. The predicted molar refractivity (Wildman–Crippen MR) is 89.2 cm³/mol. The Labute approximate surface area is 138 Å². The summed E-state index contributed by atoms with van der Waals surface area (Å²) in [6, 6.07) is 13.8. The molecule has 0 saturated heterocycles. The van der Waals surface area contributed by atoms with E-state index in [0.717, 1.165) is 29.7 Å². The zero-order valence-electron chi connectivity index (χ0n) is 12.8. The van der Waals surface area contributed by atoms with Crippen LogP contribution in [-0.2, 0) is 6.42 Å². The van der Waals surface area contributed by atoms with Gasteiger partial charge in [-0.15, -0.1) is 0 Å². The van der Waals surface area contributed by atoms with E-state index in [9.17, 15) is 14.9 Å². The van der Waals surface area contributed by atoms with Crippen LogP contribution in [0.1, 0.15) is 29.2 Å². The highest BCUT2D eigenvalue weighted by Crippen LogP contribution is 2.37. The standard InChI is InChI=1S/C18H15N3O3/c22-18-19-16(12-5-8-13(9-6-12)21(23)24)15-10-7-11-3-1-2-4-14(11)17(15)20-18/h1-6,8-9,15-16H,7,10H2,(H,19,22). The number of benzene rings is 2. The van der Waals surface area contributed by atoms with Gasteiger partial charge in [0.1, 0.15) is 0 Å². The van der Waals surface area contributed by atoms with Gasteiger partial charge in [-0.25, -0.2) is 4.79 Å². The van der Waals surface area contributed by atoms with E-state index in [2.05, 4.69) is 16.4 Å². The number of aliphatic imine (C=N–C) groups is 1. The monoisotopic (exact) mass is 321 g/mol. The number of hydrogen-bond donors (Lipinski definition) is 1. The lowest BCUT2D eigenvalue weighted by molar-refractivity contribution is -0.384. The molecule has 0 bridgehead atoms. The molecule has 1 aliphatic carbocycles. The number of nitro groups is 1. The first-order valence-electron chi connectivity index (χ1n) is 7.85. The summed E-state index contributed by atoms with van der Waals surface area (Å²) in [5.74, 6) is 0.0825. The van der Waals surface area contributed by atoms with Gasteiger partial charge < -0.3 is 5.32 Å². The highest BCUT2D eigenvalue weighted by atomic mass is 16.6. The number of hydrogen-bond acceptors (Lipinski definition) is 3. The van der Waals surface area contributed by atoms with Crippen LogP contribution in [0.2, 0.25) is 0 Å². The van der Waals surface area contributed by atoms with E-state index in [0.29, 0.717) is 0 Å². The molecule has 6 heteroatoms. The molecule has 0 aromatic heterocycles. The van der Waals surface area contributed by atoms with Gasteiger partial charge in [0.15, 0.2) is 0 Å². The normalized spacial score (nSPS) is 22.0. The third-order valence-corrected chi connectivity index (χ3v) is 4.74. The van der Waals surface area contributed by atoms with Crippen molar-refractivity contribution in [3.8, 4) is 0 Å². The summed E-state index contributed by atoms with van der Waals surface area (Å²) in [5, 5.41) is 13.7. The summed E-state index contributed by atoms with van der Waals surface area (Å²) in [7, 11) is 0. The van der Waals surface area contributed by atoms with E-state index < -0.39 is 4.92 Å². The Morgan fingerprint density at radius 3 is 2.62 bits per heavy atom. The third-order valence-electron chi connectivity index (χ3n) is 4.74. The van der Waals surface area contributed by atoms with Gasteiger partial charge in [-0.05, 0) is 29.5 Å². The van der Waals surface area contributed by atoms with Crippen molar-refractivity contribution in [2.24, 2.45) is 10.9 Å². The minimum Gasteiger partial charge on any atom is -0.329 e. The Hall–Kier alpha value is -3.02. The number of carbonyl (C=O) groups is 1. The maximum atomic E-state index is 12.1. The lowest BCUT2D eigenvalue weighted by Gasteiger charge is -2.36. The van der Waals surface area contributed by atoms with Gasteiger partial charge >= 0.3 is 6.03 Å². The van der Waals surface area contributed by atoms with Crippen LogP contribution in [0.3, 0.4) is 0 Å². The van der Waals surface area contributed by atoms with E-state index in [4.69, 9.17) is 0 Å². The highest BCUT2D eigenvalue weighted by Gasteiger charge is 2.37. The fourth-order valence-electron chi connectivity index (χ4n) is 3.60. The SMILES string of the molecule is O=C1N=C2c3ccccc3CCC2C(c2ccc([N+](=O)[O-])cc2)N1. The van der Waals surface area contributed by atoms with E-state index in [1.54, 1.807) is 12.1 Å². The average molecular weight is 321 g/mol. The lowest BCUT2D eigenvalue weighted by Crippen LogP contribution is -2.43. The molecule has 0 spiro atoms. The van der Waals surface area contributed by atoms with Crippen molar-refractivity contribution in [2.75, 3.05) is 0 Å². The van der Waals surface area contributed by atoms with Crippen molar-refractivity contribution < 1.29 is 9.72 Å². The minimum atomic E-state index is -0.424. The van der Waals surface area contributed by atoms with Crippen molar-refractivity contribution in [3.63, 3.8) is 0 Å². The van der Waals surface area contributed by atoms with Gasteiger partial charge in [-0.2, -0.15) is 4.99 Å². The molecule has 2 amide bonds. The number of aryl methyl sites for hydroxylation is 1. The summed E-state index contributed by atoms with van der Waals surface area (Å²) in [6.45, 7) is 0. The van der Waals surface area contributed by atoms with E-state index in [-0.39, 0.29) is 23.7 Å². The number of amides is 2. The smallest absolute Gasteiger partial charge is 0.329 e. The van der Waals surface area contributed by atoms with Crippen molar-refractivity contribution in [1.82, 2.24) is 5.32 Å². The topological polar surface area (TPSA) is 84.6 Å². The number of nitrogens with zero attached hydrogens (tertiary/aromatic N) is 2. The quantitative estimate of drug-likeness (QED) is 0.679. The number of non-ortho nitro benzene ring substituents is 1. The minimum absolute atomic E-state index is 0.0452. The predicted octanol–water partition coefficient (Wildman–Crippen LogP) is 3.41. The van der Waals surface area contributed by atoms with Gasteiger partial charge in [0, 0.05) is 18.1 Å². The molecule has 2 aromatic carbocycles. The largest absolute Gasteiger partial charge is 0.341 e. The van der Waals surface area contributed by atoms with Crippen LogP contribution in [0.4, 0.5) is 10.5 Å². The number of rotatable bonds is 2. The molecule has 24 heavy (non-hydrogen) atoms. The number of fused-ring (bicyclic) bond motifs is 3. The molecular weight excluding hydrogens is 306 g/mol. The molecule has 0 fully saturated rings. The van der Waals surface area contributed by atoms with Gasteiger partial charge in [0.25, 0.3) is 5.69 Å². The molecule has 4 rings (SSSR count). The second-order valence-electron chi connectivity index (χ2n) is 6.08. The molecule has 1 heterocycles. The van der Waals surface area contributed by atoms with Crippen LogP contribution in [-0.4, -0.2) is 16.7 Å². The molecule has 2 atom stereocenters. The Morgan fingerprint density at radius 2 is 1.88 bits per heavy atom. The summed E-state index contributed by atoms with van der Waals surface area (Å²) in [6.07, 6.45) is 1.82. The number of urea groups is 1. The molecule has 6 nitrogen and oxygen atoms in total. The zero-order chi connectivity index (χ0) is 16.7. The zero-order valence-corrected chi connectivity index (χ0v) is 12.8. The van der Waals surface area contributed by atoms with Crippen molar-refractivity contribution in [3.05, 3.63) is 75.3 Å². The molecule has 0 radical (unpaired) electrons. The summed E-state index contributed by atoms with van der Waals surface area (Å²) >= 11 is 0. The third kappa shape index (κ3) is 2.36. The fourth-order valence-corrected chi connectivity index (χ4v) is 3.60. The van der Waals surface area contributed by atoms with Gasteiger partial charge in [-0.1, -0.05) is 36.4 Å². The van der Waals surface area contributed by atoms with Crippen LogP contribution in [0.15, 0.2) is 53.5 Å². The molecule has 2 unspecified atom stereocenters. The van der Waals surface area contributed by atoms with Crippen LogP contribution >= 0.6 is 0 Å². The van der Waals surface area contributed by atoms with Gasteiger partial charge in [0.05, 0.1) is 16.7 Å². The van der Waals surface area contributed by atoms with E-state index >= 15 is 0 Å². The van der Waals surface area contributed by atoms with Gasteiger partial charge in [0.2, 0.25) is 0 Å². The second-order valence-corrected chi connectivity index (χ2v) is 6.08.